The number of hydrogen-bond donors (Lipinski definition) is 2. The molecule has 0 aliphatic heterocycles. The zero-order valence-electron chi connectivity index (χ0n) is 11.0. The summed E-state index contributed by atoms with van der Waals surface area (Å²) in [5, 5.41) is 4.40. The van der Waals surface area contributed by atoms with Gasteiger partial charge in [-0.15, -0.1) is 0 Å². The number of aromatic nitrogens is 1. The van der Waals surface area contributed by atoms with E-state index in [1.165, 1.54) is 0 Å². The van der Waals surface area contributed by atoms with Crippen molar-refractivity contribution in [2.45, 2.75) is 6.92 Å². The summed E-state index contributed by atoms with van der Waals surface area (Å²) in [6, 6.07) is 13.8. The number of rotatable bonds is 2. The second-order valence-electron chi connectivity index (χ2n) is 4.64. The zero-order valence-corrected chi connectivity index (χ0v) is 12.6. The Kier molecular flexibility index (Phi) is 3.32. The molecule has 0 unspecified atom stereocenters. The van der Waals surface area contributed by atoms with E-state index in [1.807, 2.05) is 42.5 Å². The lowest BCUT2D eigenvalue weighted by Gasteiger charge is -2.13. The van der Waals surface area contributed by atoms with Gasteiger partial charge in [-0.05, 0) is 48.9 Å². The fourth-order valence-electron chi connectivity index (χ4n) is 2.18. The molecule has 4 heteroatoms. The molecule has 0 aliphatic carbocycles. The predicted molar refractivity (Wildman–Crippen MR) is 88.3 cm³/mol. The topological polar surface area (TPSA) is 50.9 Å². The minimum absolute atomic E-state index is 0.740. The van der Waals surface area contributed by atoms with E-state index < -0.39 is 0 Å². The Hall–Kier alpha value is -2.07. The maximum atomic E-state index is 6.00. The number of nitrogens with one attached hydrogen (secondary N) is 1. The SMILES string of the molecule is Cc1c(Br)cccc1Nc1ccc(N)c2cccnc12. The van der Waals surface area contributed by atoms with E-state index in [9.17, 15) is 0 Å². The van der Waals surface area contributed by atoms with Crippen LogP contribution in [0.2, 0.25) is 0 Å². The number of nitrogen functional groups attached to an aromatic ring is 1. The van der Waals surface area contributed by atoms with E-state index in [-0.39, 0.29) is 0 Å². The van der Waals surface area contributed by atoms with Crippen LogP contribution in [0.15, 0.2) is 53.1 Å². The molecule has 0 aliphatic rings. The fourth-order valence-corrected chi connectivity index (χ4v) is 2.55. The number of pyridine rings is 1. The van der Waals surface area contributed by atoms with Crippen LogP contribution in [-0.2, 0) is 0 Å². The van der Waals surface area contributed by atoms with Crippen molar-refractivity contribution in [3.8, 4) is 0 Å². The highest BCUT2D eigenvalue weighted by atomic mass is 79.9. The highest BCUT2D eigenvalue weighted by Gasteiger charge is 2.07. The second kappa shape index (κ2) is 5.13. The summed E-state index contributed by atoms with van der Waals surface area (Å²) in [4.78, 5) is 4.44. The number of halogens is 1. The maximum absolute atomic E-state index is 6.00. The van der Waals surface area contributed by atoms with Crippen molar-refractivity contribution < 1.29 is 0 Å². The van der Waals surface area contributed by atoms with Crippen LogP contribution in [0.4, 0.5) is 17.1 Å². The molecule has 0 saturated heterocycles. The Bertz CT molecular complexity index is 784. The Balaban J connectivity index is 2.12. The number of anilines is 3. The van der Waals surface area contributed by atoms with Crippen LogP contribution in [0.1, 0.15) is 5.56 Å². The molecule has 0 saturated carbocycles. The minimum atomic E-state index is 0.740. The maximum Gasteiger partial charge on any atom is 0.0957 e. The average Bonchev–Trinajstić information content (AvgIpc) is 2.47. The summed E-state index contributed by atoms with van der Waals surface area (Å²) < 4.78 is 1.08. The highest BCUT2D eigenvalue weighted by Crippen LogP contribution is 2.31. The molecule has 2 aromatic carbocycles. The molecule has 0 radical (unpaired) electrons. The van der Waals surface area contributed by atoms with Gasteiger partial charge in [-0.1, -0.05) is 22.0 Å². The van der Waals surface area contributed by atoms with Crippen molar-refractivity contribution in [3.63, 3.8) is 0 Å². The van der Waals surface area contributed by atoms with Gasteiger partial charge >= 0.3 is 0 Å². The third kappa shape index (κ3) is 2.23. The van der Waals surface area contributed by atoms with E-state index >= 15 is 0 Å². The molecule has 100 valence electrons. The summed E-state index contributed by atoms with van der Waals surface area (Å²) in [5.74, 6) is 0. The number of fused-ring (bicyclic) bond motifs is 1. The van der Waals surface area contributed by atoms with Crippen molar-refractivity contribution in [1.29, 1.82) is 0 Å². The molecule has 0 fully saturated rings. The van der Waals surface area contributed by atoms with Crippen LogP contribution in [0.5, 0.6) is 0 Å². The molecule has 3 N–H and O–H groups in total. The normalized spacial score (nSPS) is 10.7. The van der Waals surface area contributed by atoms with Gasteiger partial charge in [0.1, 0.15) is 0 Å². The molecule has 1 heterocycles. The van der Waals surface area contributed by atoms with Crippen LogP contribution in [-0.4, -0.2) is 4.98 Å². The van der Waals surface area contributed by atoms with Crippen molar-refractivity contribution in [3.05, 3.63) is 58.7 Å². The quantitative estimate of drug-likeness (QED) is 0.674. The second-order valence-corrected chi connectivity index (χ2v) is 5.49. The molecule has 3 aromatic rings. The summed E-state index contributed by atoms with van der Waals surface area (Å²) >= 11 is 3.55. The Morgan fingerprint density at radius 2 is 1.90 bits per heavy atom. The lowest BCUT2D eigenvalue weighted by Crippen LogP contribution is -1.97. The van der Waals surface area contributed by atoms with Crippen molar-refractivity contribution in [1.82, 2.24) is 4.98 Å². The summed E-state index contributed by atoms with van der Waals surface area (Å²) in [5.41, 5.74) is 10.8. The molecule has 1 aromatic heterocycles. The van der Waals surface area contributed by atoms with Crippen molar-refractivity contribution in [2.24, 2.45) is 0 Å². The Labute approximate surface area is 126 Å². The number of nitrogens with zero attached hydrogens (tertiary/aromatic N) is 1. The van der Waals surface area contributed by atoms with Crippen LogP contribution in [0, 0.1) is 6.92 Å². The van der Waals surface area contributed by atoms with E-state index in [0.29, 0.717) is 0 Å². The minimum Gasteiger partial charge on any atom is -0.398 e. The van der Waals surface area contributed by atoms with Gasteiger partial charge in [0.15, 0.2) is 0 Å². The molecule has 3 nitrogen and oxygen atoms in total. The lowest BCUT2D eigenvalue weighted by atomic mass is 10.1. The summed E-state index contributed by atoms with van der Waals surface area (Å²) in [6.45, 7) is 2.07. The van der Waals surface area contributed by atoms with Crippen LogP contribution in [0.3, 0.4) is 0 Å². The van der Waals surface area contributed by atoms with Gasteiger partial charge in [-0.25, -0.2) is 0 Å². The first kappa shape index (κ1) is 12.9. The largest absolute Gasteiger partial charge is 0.398 e. The van der Waals surface area contributed by atoms with Crippen molar-refractivity contribution >= 4 is 43.9 Å². The lowest BCUT2D eigenvalue weighted by molar-refractivity contribution is 1.38. The molecule has 0 bridgehead atoms. The molecular formula is C16H14BrN3. The van der Waals surface area contributed by atoms with Gasteiger partial charge < -0.3 is 11.1 Å². The standard InChI is InChI=1S/C16H14BrN3/c1-10-12(17)5-2-6-14(10)20-15-8-7-13(18)11-4-3-9-19-16(11)15/h2-9,20H,18H2,1H3. The van der Waals surface area contributed by atoms with E-state index in [0.717, 1.165) is 38.0 Å². The third-order valence-electron chi connectivity index (χ3n) is 3.34. The van der Waals surface area contributed by atoms with E-state index in [4.69, 9.17) is 5.73 Å². The molecule has 20 heavy (non-hydrogen) atoms. The van der Waals surface area contributed by atoms with Crippen LogP contribution >= 0.6 is 15.9 Å². The monoisotopic (exact) mass is 327 g/mol. The molecule has 0 amide bonds. The smallest absolute Gasteiger partial charge is 0.0957 e. The number of hydrogen-bond acceptors (Lipinski definition) is 3. The van der Waals surface area contributed by atoms with Crippen LogP contribution in [0.25, 0.3) is 10.9 Å². The van der Waals surface area contributed by atoms with Gasteiger partial charge in [0.2, 0.25) is 0 Å². The van der Waals surface area contributed by atoms with Gasteiger partial charge in [0.05, 0.1) is 11.2 Å². The van der Waals surface area contributed by atoms with Gasteiger partial charge in [-0.2, -0.15) is 0 Å². The first-order chi connectivity index (χ1) is 9.66. The number of benzene rings is 2. The molecular weight excluding hydrogens is 314 g/mol. The molecule has 0 atom stereocenters. The molecule has 3 rings (SSSR count). The first-order valence-corrected chi connectivity index (χ1v) is 7.11. The predicted octanol–water partition coefficient (Wildman–Crippen LogP) is 4.63. The zero-order chi connectivity index (χ0) is 14.1. The van der Waals surface area contributed by atoms with Gasteiger partial charge in [0.25, 0.3) is 0 Å². The molecule has 0 spiro atoms. The highest BCUT2D eigenvalue weighted by molar-refractivity contribution is 9.10. The third-order valence-corrected chi connectivity index (χ3v) is 4.20. The fraction of sp³-hybridized carbons (Fsp3) is 0.0625. The van der Waals surface area contributed by atoms with Crippen LogP contribution < -0.4 is 11.1 Å². The van der Waals surface area contributed by atoms with E-state index in [1.54, 1.807) is 6.20 Å². The van der Waals surface area contributed by atoms with Crippen molar-refractivity contribution in [2.75, 3.05) is 11.1 Å². The van der Waals surface area contributed by atoms with Gasteiger partial charge in [0, 0.05) is 27.4 Å². The van der Waals surface area contributed by atoms with E-state index in [2.05, 4.69) is 33.2 Å². The summed E-state index contributed by atoms with van der Waals surface area (Å²) in [7, 11) is 0. The number of nitrogens with two attached hydrogens (primary N) is 1. The van der Waals surface area contributed by atoms with Gasteiger partial charge in [-0.3, -0.25) is 4.98 Å². The Morgan fingerprint density at radius 3 is 2.75 bits per heavy atom. The first-order valence-electron chi connectivity index (χ1n) is 6.32. The summed E-state index contributed by atoms with van der Waals surface area (Å²) in [6.07, 6.45) is 1.78. The average molecular weight is 328 g/mol. The Morgan fingerprint density at radius 1 is 1.05 bits per heavy atom.